The van der Waals surface area contributed by atoms with E-state index in [2.05, 4.69) is 24.3 Å². The molecule has 2 aliphatic rings. The average molecular weight is 200 g/mol. The molecule has 15 heavy (non-hydrogen) atoms. The maximum Gasteiger partial charge on any atom is 0.123 e. The van der Waals surface area contributed by atoms with Crippen LogP contribution in [0.3, 0.4) is 0 Å². The highest BCUT2D eigenvalue weighted by molar-refractivity contribution is 5.58. The van der Waals surface area contributed by atoms with Gasteiger partial charge in [-0.25, -0.2) is 0 Å². The van der Waals surface area contributed by atoms with Crippen molar-refractivity contribution in [2.45, 2.75) is 25.2 Å². The quantitative estimate of drug-likeness (QED) is 0.671. The number of carbonyl (C=O) groups excluding carboxylic acids is 1. The molecule has 4 atom stereocenters. The van der Waals surface area contributed by atoms with Gasteiger partial charge >= 0.3 is 0 Å². The highest BCUT2D eigenvalue weighted by Crippen LogP contribution is 2.55. The van der Waals surface area contributed by atoms with Crippen molar-refractivity contribution in [1.29, 1.82) is 0 Å². The Bertz CT molecular complexity index is 357. The maximum absolute atomic E-state index is 11.2. The van der Waals surface area contributed by atoms with Crippen LogP contribution in [0.1, 0.15) is 30.7 Å². The van der Waals surface area contributed by atoms with E-state index in [0.717, 1.165) is 5.92 Å². The fourth-order valence-electron chi connectivity index (χ4n) is 3.70. The van der Waals surface area contributed by atoms with Gasteiger partial charge in [0.25, 0.3) is 0 Å². The van der Waals surface area contributed by atoms with Gasteiger partial charge in [-0.2, -0.15) is 0 Å². The van der Waals surface area contributed by atoms with Gasteiger partial charge in [0.2, 0.25) is 0 Å². The fourth-order valence-corrected chi connectivity index (χ4v) is 3.70. The summed E-state index contributed by atoms with van der Waals surface area (Å²) < 4.78 is 0. The lowest BCUT2D eigenvalue weighted by atomic mass is 9.76. The molecular formula is C14H16O. The summed E-state index contributed by atoms with van der Waals surface area (Å²) in [6, 6.07) is 10.6. The van der Waals surface area contributed by atoms with Crippen molar-refractivity contribution in [3.8, 4) is 0 Å². The average Bonchev–Trinajstić information content (AvgIpc) is 2.89. The third-order valence-electron chi connectivity index (χ3n) is 4.32. The van der Waals surface area contributed by atoms with Crippen molar-refractivity contribution in [3.63, 3.8) is 0 Å². The normalized spacial score (nSPS) is 38.1. The lowest BCUT2D eigenvalue weighted by molar-refractivity contribution is -0.112. The third kappa shape index (κ3) is 1.33. The van der Waals surface area contributed by atoms with E-state index in [-0.39, 0.29) is 0 Å². The predicted octanol–water partition coefficient (Wildman–Crippen LogP) is 3.02. The van der Waals surface area contributed by atoms with E-state index in [1.54, 1.807) is 0 Å². The van der Waals surface area contributed by atoms with E-state index in [1.807, 2.05) is 6.07 Å². The van der Waals surface area contributed by atoms with Gasteiger partial charge in [0, 0.05) is 5.92 Å². The summed E-state index contributed by atoms with van der Waals surface area (Å²) in [5, 5.41) is 0. The Balaban J connectivity index is 1.95. The second-order valence-electron chi connectivity index (χ2n) is 4.98. The van der Waals surface area contributed by atoms with Gasteiger partial charge in [-0.05, 0) is 42.6 Å². The Hall–Kier alpha value is -1.11. The van der Waals surface area contributed by atoms with E-state index in [0.29, 0.717) is 17.8 Å². The number of benzene rings is 1. The van der Waals surface area contributed by atoms with Crippen molar-refractivity contribution in [3.05, 3.63) is 35.9 Å². The standard InChI is InChI=1S/C14H16O/c15-9-13-11-6-7-12(8-11)14(13)10-4-2-1-3-5-10/h1-5,9,11-14H,6-8H2/t11-,12+,13-,14-/m0/s1. The van der Waals surface area contributed by atoms with E-state index >= 15 is 0 Å². The molecular weight excluding hydrogens is 184 g/mol. The molecule has 0 aromatic heterocycles. The van der Waals surface area contributed by atoms with Crippen LogP contribution >= 0.6 is 0 Å². The molecule has 1 aromatic carbocycles. The zero-order valence-corrected chi connectivity index (χ0v) is 8.80. The van der Waals surface area contributed by atoms with Crippen molar-refractivity contribution < 1.29 is 4.79 Å². The Kier molecular flexibility index (Phi) is 2.12. The molecule has 0 radical (unpaired) electrons. The second-order valence-corrected chi connectivity index (χ2v) is 4.98. The lowest BCUT2D eigenvalue weighted by Gasteiger charge is -2.27. The monoisotopic (exact) mass is 200 g/mol. The summed E-state index contributed by atoms with van der Waals surface area (Å²) in [5.74, 6) is 2.26. The predicted molar refractivity (Wildman–Crippen MR) is 59.6 cm³/mol. The molecule has 3 rings (SSSR count). The Morgan fingerprint density at radius 2 is 1.80 bits per heavy atom. The van der Waals surface area contributed by atoms with Gasteiger partial charge in [0.15, 0.2) is 0 Å². The zero-order chi connectivity index (χ0) is 10.3. The van der Waals surface area contributed by atoms with E-state index in [9.17, 15) is 4.79 Å². The number of hydrogen-bond acceptors (Lipinski definition) is 1. The minimum atomic E-state index is 0.297. The first-order chi connectivity index (χ1) is 7.40. The molecule has 1 nitrogen and oxygen atoms in total. The number of fused-ring (bicyclic) bond motifs is 2. The molecule has 2 aliphatic carbocycles. The maximum atomic E-state index is 11.2. The molecule has 0 saturated heterocycles. The van der Waals surface area contributed by atoms with Crippen molar-refractivity contribution in [2.75, 3.05) is 0 Å². The molecule has 0 aliphatic heterocycles. The SMILES string of the molecule is O=C[C@H]1[C@H]2CC[C@H](C2)[C@@H]1c1ccccc1. The molecule has 0 spiro atoms. The van der Waals surface area contributed by atoms with Crippen molar-refractivity contribution in [1.82, 2.24) is 0 Å². The first kappa shape index (κ1) is 9.14. The van der Waals surface area contributed by atoms with Crippen LogP contribution in [0.5, 0.6) is 0 Å². The zero-order valence-electron chi connectivity index (χ0n) is 8.80. The lowest BCUT2D eigenvalue weighted by Crippen LogP contribution is -2.21. The van der Waals surface area contributed by atoms with Crippen LogP contribution in [0, 0.1) is 17.8 Å². The van der Waals surface area contributed by atoms with Crippen LogP contribution in [-0.2, 0) is 4.79 Å². The van der Waals surface area contributed by atoms with Crippen LogP contribution in [-0.4, -0.2) is 6.29 Å². The molecule has 0 heterocycles. The molecule has 2 bridgehead atoms. The number of aldehydes is 1. The number of hydrogen-bond donors (Lipinski definition) is 0. The topological polar surface area (TPSA) is 17.1 Å². The van der Waals surface area contributed by atoms with Crippen LogP contribution in [0.2, 0.25) is 0 Å². The molecule has 0 N–H and O–H groups in total. The van der Waals surface area contributed by atoms with E-state index < -0.39 is 0 Å². The summed E-state index contributed by atoms with van der Waals surface area (Å²) in [6.45, 7) is 0. The van der Waals surface area contributed by atoms with Gasteiger partial charge in [0.1, 0.15) is 6.29 Å². The third-order valence-corrected chi connectivity index (χ3v) is 4.32. The summed E-state index contributed by atoms with van der Waals surface area (Å²) in [4.78, 5) is 11.2. The van der Waals surface area contributed by atoms with Crippen LogP contribution < -0.4 is 0 Å². The molecule has 1 heteroatoms. The summed E-state index contributed by atoms with van der Waals surface area (Å²) >= 11 is 0. The van der Waals surface area contributed by atoms with Crippen LogP contribution in [0.4, 0.5) is 0 Å². The van der Waals surface area contributed by atoms with Gasteiger partial charge < -0.3 is 4.79 Å². The van der Waals surface area contributed by atoms with Crippen molar-refractivity contribution in [2.24, 2.45) is 17.8 Å². The molecule has 0 amide bonds. The van der Waals surface area contributed by atoms with Gasteiger partial charge in [-0.1, -0.05) is 30.3 Å². The summed E-state index contributed by atoms with van der Waals surface area (Å²) in [5.41, 5.74) is 1.38. The van der Waals surface area contributed by atoms with Crippen LogP contribution in [0.25, 0.3) is 0 Å². The largest absolute Gasteiger partial charge is 0.303 e. The number of carbonyl (C=O) groups is 1. The molecule has 78 valence electrons. The van der Waals surface area contributed by atoms with E-state index in [1.165, 1.54) is 31.1 Å². The second kappa shape index (κ2) is 3.48. The Labute approximate surface area is 90.5 Å². The minimum Gasteiger partial charge on any atom is -0.303 e. The molecule has 2 fully saturated rings. The first-order valence-electron chi connectivity index (χ1n) is 5.90. The molecule has 1 aromatic rings. The summed E-state index contributed by atoms with van der Waals surface area (Å²) in [7, 11) is 0. The Morgan fingerprint density at radius 1 is 1.07 bits per heavy atom. The molecule has 2 saturated carbocycles. The van der Waals surface area contributed by atoms with Gasteiger partial charge in [-0.15, -0.1) is 0 Å². The van der Waals surface area contributed by atoms with E-state index in [4.69, 9.17) is 0 Å². The fraction of sp³-hybridized carbons (Fsp3) is 0.500. The first-order valence-corrected chi connectivity index (χ1v) is 5.90. The summed E-state index contributed by atoms with van der Waals surface area (Å²) in [6.07, 6.45) is 5.09. The van der Waals surface area contributed by atoms with Crippen molar-refractivity contribution >= 4 is 6.29 Å². The van der Waals surface area contributed by atoms with Gasteiger partial charge in [0.05, 0.1) is 0 Å². The minimum absolute atomic E-state index is 0.297. The highest BCUT2D eigenvalue weighted by Gasteiger charge is 2.47. The highest BCUT2D eigenvalue weighted by atomic mass is 16.1. The Morgan fingerprint density at radius 3 is 2.53 bits per heavy atom. The molecule has 0 unspecified atom stereocenters. The number of rotatable bonds is 2. The van der Waals surface area contributed by atoms with Gasteiger partial charge in [-0.3, -0.25) is 0 Å². The van der Waals surface area contributed by atoms with Crippen LogP contribution in [0.15, 0.2) is 30.3 Å². The smallest absolute Gasteiger partial charge is 0.123 e.